The summed E-state index contributed by atoms with van der Waals surface area (Å²) in [5, 5.41) is 3.04. The summed E-state index contributed by atoms with van der Waals surface area (Å²) in [7, 11) is 0. The van der Waals surface area contributed by atoms with E-state index in [1.165, 1.54) is 5.56 Å². The topological polar surface area (TPSA) is 52.7 Å². The molecule has 1 aliphatic heterocycles. The van der Waals surface area contributed by atoms with Crippen molar-refractivity contribution in [1.29, 1.82) is 0 Å². The molecule has 1 N–H and O–H groups in total. The zero-order valence-corrected chi connectivity index (χ0v) is 17.9. The predicted octanol–water partition coefficient (Wildman–Crippen LogP) is 4.03. The molecular formula is C25H31N3O2. The Labute approximate surface area is 179 Å². The molecule has 1 heterocycles. The average Bonchev–Trinajstić information content (AvgIpc) is 3.22. The second-order valence-corrected chi connectivity index (χ2v) is 7.47. The Morgan fingerprint density at radius 3 is 2.40 bits per heavy atom. The van der Waals surface area contributed by atoms with Crippen LogP contribution in [0.3, 0.4) is 0 Å². The van der Waals surface area contributed by atoms with Gasteiger partial charge < -0.3 is 10.2 Å². The number of amides is 2. The van der Waals surface area contributed by atoms with Crippen LogP contribution >= 0.6 is 0 Å². The maximum atomic E-state index is 12.4. The van der Waals surface area contributed by atoms with E-state index in [0.29, 0.717) is 13.0 Å². The maximum Gasteiger partial charge on any atom is 0.244 e. The summed E-state index contributed by atoms with van der Waals surface area (Å²) in [4.78, 5) is 28.4. The van der Waals surface area contributed by atoms with E-state index in [1.54, 1.807) is 12.2 Å². The van der Waals surface area contributed by atoms with Crippen LogP contribution in [0.2, 0.25) is 0 Å². The van der Waals surface area contributed by atoms with Gasteiger partial charge in [-0.2, -0.15) is 0 Å². The molecule has 2 amide bonds. The predicted molar refractivity (Wildman–Crippen MR) is 122 cm³/mol. The summed E-state index contributed by atoms with van der Waals surface area (Å²) in [6.07, 6.45) is 4.91. The van der Waals surface area contributed by atoms with Gasteiger partial charge >= 0.3 is 0 Å². The normalized spacial score (nSPS) is 15.2. The Morgan fingerprint density at radius 1 is 1.10 bits per heavy atom. The van der Waals surface area contributed by atoms with Crippen LogP contribution in [-0.4, -0.2) is 42.9 Å². The number of carbonyl (C=O) groups is 2. The van der Waals surface area contributed by atoms with Crippen LogP contribution in [0.15, 0.2) is 60.7 Å². The number of hydrogen-bond acceptors (Lipinski definition) is 3. The van der Waals surface area contributed by atoms with E-state index in [1.807, 2.05) is 47.4 Å². The molecule has 1 unspecified atom stereocenters. The highest BCUT2D eigenvalue weighted by Crippen LogP contribution is 2.22. The second-order valence-electron chi connectivity index (χ2n) is 7.47. The Bertz CT molecular complexity index is 858. The third-order valence-electron chi connectivity index (χ3n) is 5.61. The van der Waals surface area contributed by atoms with Gasteiger partial charge in [-0.15, -0.1) is 0 Å². The summed E-state index contributed by atoms with van der Waals surface area (Å²) in [6.45, 7) is 7.47. The van der Waals surface area contributed by atoms with E-state index >= 15 is 0 Å². The molecule has 0 aliphatic carbocycles. The van der Waals surface area contributed by atoms with Gasteiger partial charge in [0.25, 0.3) is 0 Å². The number of rotatable bonds is 9. The molecule has 0 bridgehead atoms. The SMILES string of the molecule is CCN(CC)C(CNC(=O)/C=C/c1ccc(N2CCCC2=O)cc1)c1ccccc1. The van der Waals surface area contributed by atoms with Crippen molar-refractivity contribution >= 4 is 23.6 Å². The second kappa shape index (κ2) is 10.7. The van der Waals surface area contributed by atoms with Gasteiger partial charge in [0.1, 0.15) is 0 Å². The fourth-order valence-electron chi connectivity index (χ4n) is 3.91. The number of nitrogens with zero attached hydrogens (tertiary/aromatic N) is 2. The molecular weight excluding hydrogens is 374 g/mol. The molecule has 1 atom stereocenters. The van der Waals surface area contributed by atoms with Gasteiger partial charge in [0.15, 0.2) is 0 Å². The summed E-state index contributed by atoms with van der Waals surface area (Å²) in [5.41, 5.74) is 3.06. The number of anilines is 1. The van der Waals surface area contributed by atoms with Crippen molar-refractivity contribution in [3.63, 3.8) is 0 Å². The van der Waals surface area contributed by atoms with Crippen molar-refractivity contribution in [3.8, 4) is 0 Å². The first-order chi connectivity index (χ1) is 14.6. The first-order valence-electron chi connectivity index (χ1n) is 10.8. The van der Waals surface area contributed by atoms with Crippen LogP contribution in [-0.2, 0) is 9.59 Å². The third-order valence-corrected chi connectivity index (χ3v) is 5.61. The summed E-state index contributed by atoms with van der Waals surface area (Å²) >= 11 is 0. The minimum Gasteiger partial charge on any atom is -0.351 e. The Balaban J connectivity index is 1.58. The lowest BCUT2D eigenvalue weighted by Gasteiger charge is -2.30. The lowest BCUT2D eigenvalue weighted by atomic mass is 10.1. The van der Waals surface area contributed by atoms with Crippen molar-refractivity contribution in [3.05, 3.63) is 71.8 Å². The molecule has 5 heteroatoms. The molecule has 2 aromatic rings. The number of carbonyl (C=O) groups excluding carboxylic acids is 2. The highest BCUT2D eigenvalue weighted by molar-refractivity contribution is 5.95. The summed E-state index contributed by atoms with van der Waals surface area (Å²) in [6, 6.07) is 18.2. The third kappa shape index (κ3) is 5.57. The average molecular weight is 406 g/mol. The molecule has 5 nitrogen and oxygen atoms in total. The van der Waals surface area contributed by atoms with Gasteiger partial charge in [-0.3, -0.25) is 14.5 Å². The number of likely N-dealkylation sites (N-methyl/N-ethyl adjacent to an activating group) is 1. The van der Waals surface area contributed by atoms with E-state index in [9.17, 15) is 9.59 Å². The van der Waals surface area contributed by atoms with Gasteiger partial charge in [-0.05, 0) is 48.8 Å². The van der Waals surface area contributed by atoms with E-state index in [-0.39, 0.29) is 17.9 Å². The molecule has 158 valence electrons. The largest absolute Gasteiger partial charge is 0.351 e. The first-order valence-corrected chi connectivity index (χ1v) is 10.8. The summed E-state index contributed by atoms with van der Waals surface area (Å²) in [5.74, 6) is 0.0701. The number of benzene rings is 2. The highest BCUT2D eigenvalue weighted by atomic mass is 16.2. The molecule has 0 aromatic heterocycles. The Kier molecular flexibility index (Phi) is 7.80. The van der Waals surface area contributed by atoms with Crippen LogP contribution in [0.25, 0.3) is 6.08 Å². The molecule has 1 fully saturated rings. The van der Waals surface area contributed by atoms with Crippen LogP contribution in [0, 0.1) is 0 Å². The Hall–Kier alpha value is -2.92. The first kappa shape index (κ1) is 21.8. The molecule has 1 aliphatic rings. The van der Waals surface area contributed by atoms with Gasteiger partial charge in [0, 0.05) is 31.3 Å². The smallest absolute Gasteiger partial charge is 0.244 e. The maximum absolute atomic E-state index is 12.4. The fraction of sp³-hybridized carbons (Fsp3) is 0.360. The van der Waals surface area contributed by atoms with Crippen LogP contribution in [0.5, 0.6) is 0 Å². The lowest BCUT2D eigenvalue weighted by Crippen LogP contribution is -2.37. The standard InChI is InChI=1S/C25H31N3O2/c1-3-27(4-2)23(21-9-6-5-7-10-21)19-26-24(29)17-14-20-12-15-22(16-13-20)28-18-8-11-25(28)30/h5-7,9-10,12-17,23H,3-4,8,11,18-19H2,1-2H3,(H,26,29)/b17-14+. The van der Waals surface area contributed by atoms with Gasteiger partial charge in [0.2, 0.25) is 11.8 Å². The van der Waals surface area contributed by atoms with Crippen molar-refractivity contribution in [2.75, 3.05) is 31.1 Å². The van der Waals surface area contributed by atoms with E-state index < -0.39 is 0 Å². The van der Waals surface area contributed by atoms with Crippen molar-refractivity contribution in [2.45, 2.75) is 32.7 Å². The quantitative estimate of drug-likeness (QED) is 0.641. The molecule has 3 rings (SSSR count). The minimum atomic E-state index is -0.109. The molecule has 2 aromatic carbocycles. The van der Waals surface area contributed by atoms with Gasteiger partial charge in [-0.25, -0.2) is 0 Å². The zero-order valence-electron chi connectivity index (χ0n) is 17.9. The summed E-state index contributed by atoms with van der Waals surface area (Å²) < 4.78 is 0. The molecule has 30 heavy (non-hydrogen) atoms. The van der Waals surface area contributed by atoms with E-state index in [0.717, 1.165) is 37.3 Å². The lowest BCUT2D eigenvalue weighted by molar-refractivity contribution is -0.117. The van der Waals surface area contributed by atoms with E-state index in [4.69, 9.17) is 0 Å². The van der Waals surface area contributed by atoms with Crippen molar-refractivity contribution in [1.82, 2.24) is 10.2 Å². The van der Waals surface area contributed by atoms with Crippen molar-refractivity contribution < 1.29 is 9.59 Å². The van der Waals surface area contributed by atoms with Crippen LogP contribution < -0.4 is 10.2 Å². The van der Waals surface area contributed by atoms with Crippen LogP contribution in [0.1, 0.15) is 43.9 Å². The molecule has 0 saturated carbocycles. The Morgan fingerprint density at radius 2 is 1.80 bits per heavy atom. The van der Waals surface area contributed by atoms with Crippen molar-refractivity contribution in [2.24, 2.45) is 0 Å². The van der Waals surface area contributed by atoms with Gasteiger partial charge in [-0.1, -0.05) is 56.3 Å². The molecule has 0 radical (unpaired) electrons. The van der Waals surface area contributed by atoms with E-state index in [2.05, 4.69) is 36.2 Å². The fourth-order valence-corrected chi connectivity index (χ4v) is 3.91. The van der Waals surface area contributed by atoms with Crippen LogP contribution in [0.4, 0.5) is 5.69 Å². The number of hydrogen-bond donors (Lipinski definition) is 1. The highest BCUT2D eigenvalue weighted by Gasteiger charge is 2.21. The monoisotopic (exact) mass is 405 g/mol. The van der Waals surface area contributed by atoms with Gasteiger partial charge in [0.05, 0.1) is 6.04 Å². The number of nitrogens with one attached hydrogen (secondary N) is 1. The zero-order chi connectivity index (χ0) is 21.3. The minimum absolute atomic E-state index is 0.109. The molecule has 1 saturated heterocycles. The molecule has 0 spiro atoms.